The Kier molecular flexibility index (Phi) is 3.50. The molecule has 0 aliphatic carbocycles. The van der Waals surface area contributed by atoms with Gasteiger partial charge in [0.15, 0.2) is 0 Å². The molecule has 3 aromatic heterocycles. The first-order valence-electron chi connectivity index (χ1n) is 8.60. The first-order chi connectivity index (χ1) is 13.3. The van der Waals surface area contributed by atoms with Gasteiger partial charge in [0.25, 0.3) is 0 Å². The molecular formula is C20H16N6O. The van der Waals surface area contributed by atoms with Gasteiger partial charge in [-0.05, 0) is 18.2 Å². The van der Waals surface area contributed by atoms with Crippen LogP contribution in [0.15, 0.2) is 71.9 Å². The molecule has 5 rings (SSSR count). The quantitative estimate of drug-likeness (QED) is 0.461. The van der Waals surface area contributed by atoms with Crippen molar-refractivity contribution in [3.05, 3.63) is 83.2 Å². The average molecular weight is 356 g/mol. The van der Waals surface area contributed by atoms with Crippen LogP contribution in [0.4, 0.5) is 5.69 Å². The molecule has 7 nitrogen and oxygen atoms in total. The Labute approximate surface area is 153 Å². The maximum Gasteiger partial charge on any atom is 0.250 e. The Morgan fingerprint density at radius 3 is 2.70 bits per heavy atom. The molecular weight excluding hydrogens is 340 g/mol. The van der Waals surface area contributed by atoms with Crippen LogP contribution in [-0.4, -0.2) is 24.5 Å². The number of hydrogen-bond donors (Lipinski definition) is 3. The smallest absolute Gasteiger partial charge is 0.250 e. The number of fused-ring (bicyclic) bond motifs is 2. The minimum absolute atomic E-state index is 0.137. The Morgan fingerprint density at radius 2 is 1.81 bits per heavy atom. The van der Waals surface area contributed by atoms with Crippen molar-refractivity contribution >= 4 is 27.6 Å². The SMILES string of the molecule is O=c1cc(NCc2cncn2-c2nc3ccccc3[nH]2)c2ccccc2[nH]1. The molecule has 0 amide bonds. The summed E-state index contributed by atoms with van der Waals surface area (Å²) in [5, 5.41) is 4.32. The lowest BCUT2D eigenvalue weighted by Gasteiger charge is -2.10. The second-order valence-electron chi connectivity index (χ2n) is 6.28. The molecule has 0 saturated heterocycles. The van der Waals surface area contributed by atoms with Gasteiger partial charge in [-0.3, -0.25) is 9.36 Å². The summed E-state index contributed by atoms with van der Waals surface area (Å²) in [5.41, 5.74) is 4.26. The van der Waals surface area contributed by atoms with Gasteiger partial charge < -0.3 is 15.3 Å². The van der Waals surface area contributed by atoms with Crippen LogP contribution in [0.5, 0.6) is 0 Å². The second-order valence-corrected chi connectivity index (χ2v) is 6.28. The van der Waals surface area contributed by atoms with E-state index in [9.17, 15) is 4.79 Å². The fourth-order valence-electron chi connectivity index (χ4n) is 3.23. The third-order valence-corrected chi connectivity index (χ3v) is 4.53. The minimum atomic E-state index is -0.137. The fourth-order valence-corrected chi connectivity index (χ4v) is 3.23. The second kappa shape index (κ2) is 6.14. The van der Waals surface area contributed by atoms with Gasteiger partial charge in [-0.15, -0.1) is 0 Å². The van der Waals surface area contributed by atoms with E-state index >= 15 is 0 Å². The minimum Gasteiger partial charge on any atom is -0.379 e. The summed E-state index contributed by atoms with van der Waals surface area (Å²) >= 11 is 0. The van der Waals surface area contributed by atoms with Crippen molar-refractivity contribution < 1.29 is 0 Å². The van der Waals surface area contributed by atoms with Crippen molar-refractivity contribution in [1.82, 2.24) is 24.5 Å². The maximum atomic E-state index is 11.9. The van der Waals surface area contributed by atoms with E-state index in [4.69, 9.17) is 0 Å². The number of benzene rings is 2. The molecule has 0 aliphatic heterocycles. The molecule has 0 unspecified atom stereocenters. The predicted molar refractivity (Wildman–Crippen MR) is 105 cm³/mol. The summed E-state index contributed by atoms with van der Waals surface area (Å²) in [6, 6.07) is 17.2. The van der Waals surface area contributed by atoms with Crippen LogP contribution >= 0.6 is 0 Å². The molecule has 0 saturated carbocycles. The van der Waals surface area contributed by atoms with E-state index < -0.39 is 0 Å². The third-order valence-electron chi connectivity index (χ3n) is 4.53. The zero-order valence-electron chi connectivity index (χ0n) is 14.3. The van der Waals surface area contributed by atoms with Crippen LogP contribution in [0.3, 0.4) is 0 Å². The van der Waals surface area contributed by atoms with Crippen LogP contribution in [0.2, 0.25) is 0 Å². The van der Waals surface area contributed by atoms with Crippen molar-refractivity contribution in [2.24, 2.45) is 0 Å². The van der Waals surface area contributed by atoms with Gasteiger partial charge in [0.2, 0.25) is 11.5 Å². The predicted octanol–water partition coefficient (Wildman–Crippen LogP) is 3.20. The molecule has 2 aromatic carbocycles. The van der Waals surface area contributed by atoms with Crippen molar-refractivity contribution in [2.45, 2.75) is 6.54 Å². The van der Waals surface area contributed by atoms with Gasteiger partial charge in [-0.1, -0.05) is 30.3 Å². The monoisotopic (exact) mass is 356 g/mol. The first-order valence-corrected chi connectivity index (χ1v) is 8.60. The summed E-state index contributed by atoms with van der Waals surface area (Å²) in [6.07, 6.45) is 3.51. The van der Waals surface area contributed by atoms with Gasteiger partial charge in [-0.25, -0.2) is 9.97 Å². The number of hydrogen-bond acceptors (Lipinski definition) is 4. The lowest BCUT2D eigenvalue weighted by atomic mass is 10.2. The first kappa shape index (κ1) is 15.4. The van der Waals surface area contributed by atoms with Crippen LogP contribution in [-0.2, 0) is 6.54 Å². The number of imidazole rings is 2. The van der Waals surface area contributed by atoms with Crippen molar-refractivity contribution in [3.8, 4) is 5.95 Å². The summed E-state index contributed by atoms with van der Waals surface area (Å²) in [7, 11) is 0. The average Bonchev–Trinajstić information content (AvgIpc) is 3.32. The number of nitrogens with zero attached hydrogens (tertiary/aromatic N) is 3. The summed E-state index contributed by atoms with van der Waals surface area (Å²) in [4.78, 5) is 27.0. The molecule has 7 heteroatoms. The number of rotatable bonds is 4. The molecule has 27 heavy (non-hydrogen) atoms. The summed E-state index contributed by atoms with van der Waals surface area (Å²) in [5.74, 6) is 0.710. The van der Waals surface area contributed by atoms with E-state index in [0.29, 0.717) is 12.5 Å². The van der Waals surface area contributed by atoms with Gasteiger partial charge in [0.1, 0.15) is 6.33 Å². The van der Waals surface area contributed by atoms with Gasteiger partial charge in [0, 0.05) is 17.1 Å². The lowest BCUT2D eigenvalue weighted by molar-refractivity contribution is 0.889. The Bertz CT molecular complexity index is 1280. The molecule has 0 fully saturated rings. The highest BCUT2D eigenvalue weighted by molar-refractivity contribution is 5.90. The molecule has 0 atom stereocenters. The molecule has 0 bridgehead atoms. The molecule has 132 valence electrons. The van der Waals surface area contributed by atoms with Gasteiger partial charge >= 0.3 is 0 Å². The van der Waals surface area contributed by atoms with Gasteiger partial charge in [0.05, 0.1) is 35.0 Å². The Hall–Kier alpha value is -3.87. The Morgan fingerprint density at radius 1 is 1.00 bits per heavy atom. The molecule has 0 radical (unpaired) electrons. The number of para-hydroxylation sites is 3. The third kappa shape index (κ3) is 2.75. The van der Waals surface area contributed by atoms with Crippen molar-refractivity contribution in [2.75, 3.05) is 5.32 Å². The van der Waals surface area contributed by atoms with Gasteiger partial charge in [-0.2, -0.15) is 0 Å². The van der Waals surface area contributed by atoms with E-state index in [1.54, 1.807) is 18.6 Å². The number of pyridine rings is 1. The number of aromatic nitrogens is 5. The van der Waals surface area contributed by atoms with E-state index in [2.05, 4.69) is 25.3 Å². The van der Waals surface area contributed by atoms with Crippen LogP contribution in [0.1, 0.15) is 5.69 Å². The van der Waals surface area contributed by atoms with Crippen LogP contribution in [0, 0.1) is 0 Å². The highest BCUT2D eigenvalue weighted by Gasteiger charge is 2.10. The number of anilines is 1. The lowest BCUT2D eigenvalue weighted by Crippen LogP contribution is -2.10. The van der Waals surface area contributed by atoms with E-state index in [-0.39, 0.29) is 5.56 Å². The molecule has 3 N–H and O–H groups in total. The standard InChI is InChI=1S/C20H16N6O/c27-19-9-18(14-5-1-2-6-15(14)23-19)22-11-13-10-21-12-26(13)20-24-16-7-3-4-8-17(16)25-20/h1-10,12H,11H2,(H,24,25)(H2,22,23,27). The number of aromatic amines is 2. The number of nitrogens with one attached hydrogen (secondary N) is 3. The zero-order chi connectivity index (χ0) is 18.2. The molecule has 3 heterocycles. The summed E-state index contributed by atoms with van der Waals surface area (Å²) in [6.45, 7) is 0.504. The van der Waals surface area contributed by atoms with E-state index in [0.717, 1.165) is 33.3 Å². The topological polar surface area (TPSA) is 91.4 Å². The number of H-pyrrole nitrogens is 2. The maximum absolute atomic E-state index is 11.9. The van der Waals surface area contributed by atoms with Crippen LogP contribution < -0.4 is 10.9 Å². The fraction of sp³-hybridized carbons (Fsp3) is 0.0500. The zero-order valence-corrected chi connectivity index (χ0v) is 14.3. The Balaban J connectivity index is 1.48. The molecule has 5 aromatic rings. The van der Waals surface area contributed by atoms with Crippen molar-refractivity contribution in [3.63, 3.8) is 0 Å². The summed E-state index contributed by atoms with van der Waals surface area (Å²) < 4.78 is 1.91. The van der Waals surface area contributed by atoms with E-state index in [1.807, 2.05) is 53.1 Å². The highest BCUT2D eigenvalue weighted by atomic mass is 16.1. The largest absolute Gasteiger partial charge is 0.379 e. The normalized spacial score (nSPS) is 11.3. The highest BCUT2D eigenvalue weighted by Crippen LogP contribution is 2.21. The van der Waals surface area contributed by atoms with E-state index in [1.165, 1.54) is 0 Å². The molecule has 0 aliphatic rings. The van der Waals surface area contributed by atoms with Crippen molar-refractivity contribution in [1.29, 1.82) is 0 Å². The van der Waals surface area contributed by atoms with Crippen LogP contribution in [0.25, 0.3) is 27.9 Å². The molecule has 0 spiro atoms.